The minimum absolute atomic E-state index is 0.0227. The highest BCUT2D eigenvalue weighted by molar-refractivity contribution is 7.91. The Hall–Kier alpha value is -1.84. The number of carboxylic acids is 2. The van der Waals surface area contributed by atoms with Crippen molar-refractivity contribution in [3.8, 4) is 0 Å². The van der Waals surface area contributed by atoms with Gasteiger partial charge in [-0.15, -0.1) is 0 Å². The van der Waals surface area contributed by atoms with Crippen LogP contribution in [-0.4, -0.2) is 72.6 Å². The molecule has 0 aromatic heterocycles. The molecule has 9 nitrogen and oxygen atoms in total. The van der Waals surface area contributed by atoms with Gasteiger partial charge in [-0.05, 0) is 12.3 Å². The Bertz CT molecular complexity index is 486. The first kappa shape index (κ1) is 16.2. The van der Waals surface area contributed by atoms with Crippen LogP contribution in [0.2, 0.25) is 0 Å². The van der Waals surface area contributed by atoms with Gasteiger partial charge in [0, 0.05) is 6.54 Å². The number of carboxylic acid groups (broad SMARTS) is 2. The van der Waals surface area contributed by atoms with Crippen LogP contribution in [0.15, 0.2) is 0 Å². The van der Waals surface area contributed by atoms with Crippen LogP contribution in [0.5, 0.6) is 0 Å². The molecule has 0 aromatic carbocycles. The average molecular weight is 308 g/mol. The maximum absolute atomic E-state index is 11.7. The van der Waals surface area contributed by atoms with E-state index in [2.05, 4.69) is 5.32 Å². The van der Waals surface area contributed by atoms with Gasteiger partial charge < -0.3 is 20.4 Å². The summed E-state index contributed by atoms with van der Waals surface area (Å²) in [6.45, 7) is -1.39. The molecule has 0 bridgehead atoms. The number of hydrogen-bond donors (Lipinski definition) is 3. The van der Waals surface area contributed by atoms with Gasteiger partial charge in [0.1, 0.15) is 13.1 Å². The second-order valence-corrected chi connectivity index (χ2v) is 6.83. The Morgan fingerprint density at radius 2 is 1.70 bits per heavy atom. The summed E-state index contributed by atoms with van der Waals surface area (Å²) in [4.78, 5) is 33.4. The standard InChI is InChI=1S/C10H16N2O7S/c13-8(14)4-12(5-9(15)16)10(17)11-3-7-1-2-20(18,19)6-7/h7H,1-6H2,(H,11,17)(H,13,14)(H,15,16). The second kappa shape index (κ2) is 6.55. The lowest BCUT2D eigenvalue weighted by molar-refractivity contribution is -0.140. The topological polar surface area (TPSA) is 141 Å². The lowest BCUT2D eigenvalue weighted by atomic mass is 10.1. The molecule has 0 aliphatic carbocycles. The number of rotatable bonds is 6. The molecule has 2 amide bonds. The molecular formula is C10H16N2O7S. The van der Waals surface area contributed by atoms with Gasteiger partial charge in [0.2, 0.25) is 0 Å². The van der Waals surface area contributed by atoms with Gasteiger partial charge >= 0.3 is 18.0 Å². The predicted molar refractivity (Wildman–Crippen MR) is 67.0 cm³/mol. The van der Waals surface area contributed by atoms with E-state index in [4.69, 9.17) is 10.2 Å². The summed E-state index contributed by atoms with van der Waals surface area (Å²) >= 11 is 0. The number of aliphatic carboxylic acids is 2. The quantitative estimate of drug-likeness (QED) is 0.548. The van der Waals surface area contributed by atoms with Crippen LogP contribution in [0, 0.1) is 5.92 Å². The summed E-state index contributed by atoms with van der Waals surface area (Å²) < 4.78 is 22.5. The van der Waals surface area contributed by atoms with E-state index in [-0.39, 0.29) is 24.0 Å². The Kier molecular flexibility index (Phi) is 5.31. The number of nitrogens with one attached hydrogen (secondary N) is 1. The van der Waals surface area contributed by atoms with E-state index in [0.29, 0.717) is 11.3 Å². The van der Waals surface area contributed by atoms with Crippen LogP contribution < -0.4 is 5.32 Å². The molecule has 0 spiro atoms. The zero-order valence-corrected chi connectivity index (χ0v) is 11.4. The van der Waals surface area contributed by atoms with Crippen molar-refractivity contribution in [1.82, 2.24) is 10.2 Å². The predicted octanol–water partition coefficient (Wildman–Crippen LogP) is -1.40. The first-order valence-corrected chi connectivity index (χ1v) is 7.68. The van der Waals surface area contributed by atoms with Gasteiger partial charge in [0.05, 0.1) is 11.5 Å². The Morgan fingerprint density at radius 1 is 1.15 bits per heavy atom. The van der Waals surface area contributed by atoms with Crippen molar-refractivity contribution in [2.45, 2.75) is 6.42 Å². The van der Waals surface area contributed by atoms with Crippen LogP contribution in [0.1, 0.15) is 6.42 Å². The molecule has 1 aliphatic heterocycles. The number of hydrogen-bond acceptors (Lipinski definition) is 5. The van der Waals surface area contributed by atoms with E-state index < -0.39 is 40.9 Å². The minimum atomic E-state index is -3.05. The van der Waals surface area contributed by atoms with Gasteiger partial charge in [-0.3, -0.25) is 9.59 Å². The fraction of sp³-hybridized carbons (Fsp3) is 0.700. The van der Waals surface area contributed by atoms with E-state index in [1.54, 1.807) is 0 Å². The minimum Gasteiger partial charge on any atom is -0.480 e. The third kappa shape index (κ3) is 5.43. The number of urea groups is 1. The molecule has 20 heavy (non-hydrogen) atoms. The highest BCUT2D eigenvalue weighted by atomic mass is 32.2. The largest absolute Gasteiger partial charge is 0.480 e. The fourth-order valence-corrected chi connectivity index (χ4v) is 3.76. The summed E-state index contributed by atoms with van der Waals surface area (Å²) in [6.07, 6.45) is 0.431. The monoisotopic (exact) mass is 308 g/mol. The van der Waals surface area contributed by atoms with Crippen molar-refractivity contribution in [2.75, 3.05) is 31.1 Å². The van der Waals surface area contributed by atoms with Gasteiger partial charge in [-0.1, -0.05) is 0 Å². The Balaban J connectivity index is 2.49. The first-order chi connectivity index (χ1) is 9.19. The molecule has 0 saturated carbocycles. The Labute approximate surface area is 115 Å². The van der Waals surface area contributed by atoms with Crippen molar-refractivity contribution < 1.29 is 33.0 Å². The molecule has 0 radical (unpaired) electrons. The van der Waals surface area contributed by atoms with Crippen LogP contribution in [-0.2, 0) is 19.4 Å². The highest BCUT2D eigenvalue weighted by Gasteiger charge is 2.28. The van der Waals surface area contributed by atoms with Crippen molar-refractivity contribution in [1.29, 1.82) is 0 Å². The fourth-order valence-electron chi connectivity index (χ4n) is 1.90. The van der Waals surface area contributed by atoms with E-state index in [1.807, 2.05) is 0 Å². The number of sulfone groups is 1. The summed E-state index contributed by atoms with van der Waals surface area (Å²) in [5, 5.41) is 19.6. The van der Waals surface area contributed by atoms with Gasteiger partial charge in [0.25, 0.3) is 0 Å². The lowest BCUT2D eigenvalue weighted by Crippen LogP contribution is -2.46. The van der Waals surface area contributed by atoms with Crippen LogP contribution in [0.3, 0.4) is 0 Å². The van der Waals surface area contributed by atoms with Crippen LogP contribution in [0.4, 0.5) is 4.79 Å². The van der Waals surface area contributed by atoms with E-state index in [1.165, 1.54) is 0 Å². The molecule has 1 fully saturated rings. The van der Waals surface area contributed by atoms with E-state index >= 15 is 0 Å². The zero-order chi connectivity index (χ0) is 15.3. The molecule has 1 aliphatic rings. The molecule has 10 heteroatoms. The average Bonchev–Trinajstić information content (AvgIpc) is 2.64. The van der Waals surface area contributed by atoms with Crippen LogP contribution >= 0.6 is 0 Å². The van der Waals surface area contributed by atoms with Gasteiger partial charge in [-0.25, -0.2) is 13.2 Å². The highest BCUT2D eigenvalue weighted by Crippen LogP contribution is 2.17. The molecule has 114 valence electrons. The van der Waals surface area contributed by atoms with Crippen molar-refractivity contribution in [2.24, 2.45) is 5.92 Å². The third-order valence-electron chi connectivity index (χ3n) is 2.81. The number of carbonyl (C=O) groups excluding carboxylic acids is 1. The second-order valence-electron chi connectivity index (χ2n) is 4.60. The normalized spacial score (nSPS) is 20.3. The number of amides is 2. The molecule has 1 rings (SSSR count). The maximum Gasteiger partial charge on any atom is 0.323 e. The van der Waals surface area contributed by atoms with Crippen molar-refractivity contribution in [3.63, 3.8) is 0 Å². The Morgan fingerprint density at radius 3 is 2.10 bits per heavy atom. The van der Waals surface area contributed by atoms with Gasteiger partial charge in [0.15, 0.2) is 9.84 Å². The molecular weight excluding hydrogens is 292 g/mol. The molecule has 1 unspecified atom stereocenters. The van der Waals surface area contributed by atoms with Crippen LogP contribution in [0.25, 0.3) is 0 Å². The maximum atomic E-state index is 11.7. The van der Waals surface area contributed by atoms with Crippen molar-refractivity contribution >= 4 is 27.8 Å². The molecule has 1 saturated heterocycles. The number of nitrogens with zero attached hydrogens (tertiary/aromatic N) is 1. The van der Waals surface area contributed by atoms with Crippen molar-refractivity contribution in [3.05, 3.63) is 0 Å². The number of carbonyl (C=O) groups is 3. The SMILES string of the molecule is O=C(O)CN(CC(=O)O)C(=O)NCC1CCS(=O)(=O)C1. The molecule has 0 aromatic rings. The molecule has 1 heterocycles. The zero-order valence-electron chi connectivity index (χ0n) is 10.6. The van der Waals surface area contributed by atoms with E-state index in [0.717, 1.165) is 0 Å². The summed E-state index contributed by atoms with van der Waals surface area (Å²) in [6, 6.07) is -0.834. The lowest BCUT2D eigenvalue weighted by Gasteiger charge is -2.20. The molecule has 1 atom stereocenters. The first-order valence-electron chi connectivity index (χ1n) is 5.86. The summed E-state index contributed by atoms with van der Waals surface area (Å²) in [5.74, 6) is -2.83. The summed E-state index contributed by atoms with van der Waals surface area (Å²) in [7, 11) is -3.05. The molecule has 3 N–H and O–H groups in total. The third-order valence-corrected chi connectivity index (χ3v) is 4.65. The smallest absolute Gasteiger partial charge is 0.323 e. The van der Waals surface area contributed by atoms with E-state index in [9.17, 15) is 22.8 Å². The van der Waals surface area contributed by atoms with Gasteiger partial charge in [-0.2, -0.15) is 0 Å². The summed E-state index contributed by atoms with van der Waals surface area (Å²) in [5.41, 5.74) is 0.